The highest BCUT2D eigenvalue weighted by molar-refractivity contribution is 8.00. The highest BCUT2D eigenvalue weighted by atomic mass is 32.2. The number of benzene rings is 1. The molecule has 1 aromatic carbocycles. The fraction of sp³-hybridized carbons (Fsp3) is 0.625. The summed E-state index contributed by atoms with van der Waals surface area (Å²) in [5.74, 6) is -0.861. The van der Waals surface area contributed by atoms with E-state index in [1.165, 1.54) is 50.6 Å². The summed E-state index contributed by atoms with van der Waals surface area (Å²) in [6.07, 6.45) is 1.30. The Labute approximate surface area is 266 Å². The van der Waals surface area contributed by atoms with Crippen LogP contribution in [0, 0.1) is 5.92 Å². The summed E-state index contributed by atoms with van der Waals surface area (Å²) in [6, 6.07) is 4.42. The van der Waals surface area contributed by atoms with Gasteiger partial charge in [0.15, 0.2) is 29.8 Å². The molecule has 0 radical (unpaired) electrons. The Hall–Kier alpha value is -3.29. The van der Waals surface area contributed by atoms with E-state index in [4.69, 9.17) is 33.2 Å². The third-order valence-corrected chi connectivity index (χ3v) is 10.9. The van der Waals surface area contributed by atoms with E-state index in [2.05, 4.69) is 30.2 Å². The highest BCUT2D eigenvalue weighted by Crippen LogP contribution is 2.63. The van der Waals surface area contributed by atoms with Gasteiger partial charge in [0.05, 0.1) is 12.4 Å². The van der Waals surface area contributed by atoms with Gasteiger partial charge >= 0.3 is 23.9 Å². The van der Waals surface area contributed by atoms with E-state index in [-0.39, 0.29) is 29.3 Å². The molecule has 45 heavy (non-hydrogen) atoms. The van der Waals surface area contributed by atoms with E-state index in [1.807, 2.05) is 6.07 Å². The van der Waals surface area contributed by atoms with Gasteiger partial charge in [-0.25, -0.2) is 0 Å². The number of carbonyl (C=O) groups excluding carboxylic acids is 4. The van der Waals surface area contributed by atoms with Crippen molar-refractivity contribution >= 4 is 35.6 Å². The van der Waals surface area contributed by atoms with Crippen molar-refractivity contribution in [3.63, 3.8) is 0 Å². The number of esters is 4. The van der Waals surface area contributed by atoms with Gasteiger partial charge in [0, 0.05) is 50.6 Å². The second-order valence-corrected chi connectivity index (χ2v) is 13.6. The number of methoxy groups -OCH3 is 1. The van der Waals surface area contributed by atoms with E-state index in [0.29, 0.717) is 11.8 Å². The molecule has 6 unspecified atom stereocenters. The maximum atomic E-state index is 12.4. The predicted octanol–water partition coefficient (Wildman–Crippen LogP) is 2.33. The summed E-state index contributed by atoms with van der Waals surface area (Å²) in [7, 11) is 3.81. The molecule has 6 rings (SSSR count). The van der Waals surface area contributed by atoms with Crippen LogP contribution in [-0.4, -0.2) is 103 Å². The molecule has 2 aliphatic carbocycles. The van der Waals surface area contributed by atoms with Crippen LogP contribution in [0.2, 0.25) is 0 Å². The molecule has 0 saturated carbocycles. The van der Waals surface area contributed by atoms with Crippen molar-refractivity contribution in [1.29, 1.82) is 0 Å². The Morgan fingerprint density at radius 3 is 2.31 bits per heavy atom. The van der Waals surface area contributed by atoms with Crippen LogP contribution in [0.1, 0.15) is 45.2 Å². The van der Waals surface area contributed by atoms with Crippen LogP contribution in [-0.2, 0) is 54.7 Å². The summed E-state index contributed by atoms with van der Waals surface area (Å²) in [5, 5.41) is -0.283. The van der Waals surface area contributed by atoms with Crippen molar-refractivity contribution in [1.82, 2.24) is 4.90 Å². The molecule has 13 heteroatoms. The fourth-order valence-electron chi connectivity index (χ4n) is 7.94. The van der Waals surface area contributed by atoms with E-state index in [9.17, 15) is 19.2 Å². The van der Waals surface area contributed by atoms with Crippen LogP contribution >= 0.6 is 11.8 Å². The van der Waals surface area contributed by atoms with Crippen LogP contribution in [0.25, 0.3) is 0 Å². The lowest BCUT2D eigenvalue weighted by molar-refractivity contribution is -0.237. The van der Waals surface area contributed by atoms with Gasteiger partial charge in [0.2, 0.25) is 0 Å². The third kappa shape index (κ3) is 5.46. The van der Waals surface area contributed by atoms with Gasteiger partial charge < -0.3 is 38.1 Å². The minimum absolute atomic E-state index is 0.217. The zero-order chi connectivity index (χ0) is 32.2. The van der Waals surface area contributed by atoms with E-state index in [0.717, 1.165) is 25.1 Å². The standard InChI is InChI=1S/C32H39NO11S/c1-15(34)39-14-23-27(40-16(2)35)28(41-17(3)36)29(42-18(4)37)31(43-23)45-24-10-8-20-21-13-19-7-9-22(38-6)26-25(19)32(20,30(24)44-26)11-12-33(21)5/h7-10,20-21,23-24,27-31H,11-14H2,1-6H3/t20?,21?,23-,24?,27-,28+,29-,30?,31?,32?/m1/s1. The first-order chi connectivity index (χ1) is 21.4. The average Bonchev–Trinajstić information content (AvgIpc) is 3.32. The molecule has 2 bridgehead atoms. The molecular formula is C32H39NO11S. The zero-order valence-electron chi connectivity index (χ0n) is 26.2. The van der Waals surface area contributed by atoms with E-state index >= 15 is 0 Å². The summed E-state index contributed by atoms with van der Waals surface area (Å²) >= 11 is 1.38. The lowest BCUT2D eigenvalue weighted by atomic mass is 9.53. The Bertz CT molecular complexity index is 1420. The van der Waals surface area contributed by atoms with Crippen LogP contribution in [0.5, 0.6) is 11.5 Å². The molecule has 2 fully saturated rings. The molecule has 5 aliphatic rings. The molecule has 1 aromatic rings. The van der Waals surface area contributed by atoms with Gasteiger partial charge in [0.25, 0.3) is 0 Å². The number of likely N-dealkylation sites (N-methyl/N-ethyl adjacent to an activating group) is 1. The highest BCUT2D eigenvalue weighted by Gasteiger charge is 2.65. The third-order valence-electron chi connectivity index (χ3n) is 9.57. The molecule has 3 heterocycles. The maximum absolute atomic E-state index is 12.4. The number of carbonyl (C=O) groups is 4. The normalized spacial score (nSPS) is 35.8. The van der Waals surface area contributed by atoms with Crippen molar-refractivity contribution in [3.8, 4) is 11.5 Å². The molecule has 12 nitrogen and oxygen atoms in total. The number of ether oxygens (including phenoxy) is 7. The van der Waals surface area contributed by atoms with Crippen molar-refractivity contribution in [3.05, 3.63) is 35.4 Å². The van der Waals surface area contributed by atoms with Gasteiger partial charge in [-0.2, -0.15) is 0 Å². The number of hydrogen-bond acceptors (Lipinski definition) is 13. The van der Waals surface area contributed by atoms with E-state index in [1.54, 1.807) is 7.11 Å². The molecule has 10 atom stereocenters. The summed E-state index contributed by atoms with van der Waals surface area (Å²) in [6.45, 7) is 5.54. The lowest BCUT2D eigenvalue weighted by Crippen LogP contribution is -2.65. The molecule has 244 valence electrons. The summed E-state index contributed by atoms with van der Waals surface area (Å²) < 4.78 is 41.3. The summed E-state index contributed by atoms with van der Waals surface area (Å²) in [5.41, 5.74) is 1.25. The molecule has 2 saturated heterocycles. The molecule has 0 amide bonds. The predicted molar refractivity (Wildman–Crippen MR) is 160 cm³/mol. The average molecular weight is 646 g/mol. The first-order valence-electron chi connectivity index (χ1n) is 15.2. The first-order valence-corrected chi connectivity index (χ1v) is 16.1. The van der Waals surface area contributed by atoms with Crippen LogP contribution < -0.4 is 9.47 Å². The lowest BCUT2D eigenvalue weighted by Gasteiger charge is -2.57. The molecular weight excluding hydrogens is 606 g/mol. The van der Waals surface area contributed by atoms with Crippen molar-refractivity contribution < 1.29 is 52.3 Å². The molecule has 3 aliphatic heterocycles. The monoisotopic (exact) mass is 645 g/mol. The number of thioether (sulfide) groups is 1. The van der Waals surface area contributed by atoms with Crippen molar-refractivity contribution in [2.45, 2.75) is 93.2 Å². The number of piperidine rings is 1. The second kappa shape index (κ2) is 12.1. The summed E-state index contributed by atoms with van der Waals surface area (Å²) in [4.78, 5) is 51.1. The Kier molecular flexibility index (Phi) is 8.55. The molecule has 0 N–H and O–H groups in total. The fourth-order valence-corrected chi connectivity index (χ4v) is 9.44. The quantitative estimate of drug-likeness (QED) is 0.233. The Balaban J connectivity index is 1.39. The van der Waals surface area contributed by atoms with Crippen molar-refractivity contribution in [2.75, 3.05) is 27.3 Å². The van der Waals surface area contributed by atoms with Crippen LogP contribution in [0.15, 0.2) is 24.3 Å². The van der Waals surface area contributed by atoms with Crippen molar-refractivity contribution in [2.24, 2.45) is 5.92 Å². The second-order valence-electron chi connectivity index (χ2n) is 12.3. The SMILES string of the molecule is COc1ccc2c3c1OC1C(SC4O[C@H](COC(C)=O)[C@@H](OC(C)=O)[C@H](OC(C)=O)[C@H]4OC(C)=O)C=CC4C(C2)N(C)CCC341. The maximum Gasteiger partial charge on any atom is 0.303 e. The van der Waals surface area contributed by atoms with E-state index < -0.39 is 53.7 Å². The van der Waals surface area contributed by atoms with Crippen LogP contribution in [0.4, 0.5) is 0 Å². The minimum atomic E-state index is -1.23. The minimum Gasteiger partial charge on any atom is -0.493 e. The number of likely N-dealkylation sites (tertiary alicyclic amines) is 1. The topological polar surface area (TPSA) is 136 Å². The Morgan fingerprint density at radius 2 is 1.64 bits per heavy atom. The Morgan fingerprint density at radius 1 is 0.956 bits per heavy atom. The smallest absolute Gasteiger partial charge is 0.303 e. The van der Waals surface area contributed by atoms with Crippen LogP contribution in [0.3, 0.4) is 0 Å². The van der Waals surface area contributed by atoms with Gasteiger partial charge in [-0.05, 0) is 38.1 Å². The number of rotatable bonds is 8. The van der Waals surface area contributed by atoms with Gasteiger partial charge in [-0.15, -0.1) is 11.8 Å². The zero-order valence-corrected chi connectivity index (χ0v) is 27.0. The van der Waals surface area contributed by atoms with Gasteiger partial charge in [-0.1, -0.05) is 18.2 Å². The van der Waals surface area contributed by atoms with Gasteiger partial charge in [0.1, 0.15) is 24.3 Å². The van der Waals surface area contributed by atoms with Gasteiger partial charge in [-0.3, -0.25) is 19.2 Å². The number of hydrogen-bond donors (Lipinski definition) is 0. The number of nitrogens with zero attached hydrogens (tertiary/aromatic N) is 1. The molecule has 1 spiro atoms. The largest absolute Gasteiger partial charge is 0.493 e. The molecule has 0 aromatic heterocycles. The first kappa shape index (κ1) is 31.7.